The molecule has 0 radical (unpaired) electrons. The summed E-state index contributed by atoms with van der Waals surface area (Å²) in [6, 6.07) is 2.75. The summed E-state index contributed by atoms with van der Waals surface area (Å²) in [5, 5.41) is 5.58. The molecule has 0 spiro atoms. The van der Waals surface area contributed by atoms with E-state index in [0.717, 1.165) is 29.1 Å². The van der Waals surface area contributed by atoms with Crippen LogP contribution in [0.5, 0.6) is 0 Å². The van der Waals surface area contributed by atoms with Gasteiger partial charge in [-0.3, -0.25) is 0 Å². The summed E-state index contributed by atoms with van der Waals surface area (Å²) in [5.41, 5.74) is 4.04. The minimum Gasteiger partial charge on any atom is -0.397 e. The van der Waals surface area contributed by atoms with Crippen LogP contribution in [0.1, 0.15) is 5.56 Å². The standard InChI is InChI=1S/C9H7F3N4O/c10-9(11,12)5-1-2-7(6(13)3-5)16-4-14-15-8(16)17/h1-4H,13H2,(H,15,17). The van der Waals surface area contributed by atoms with Crippen molar-refractivity contribution in [1.29, 1.82) is 0 Å². The lowest BCUT2D eigenvalue weighted by Gasteiger charge is -2.10. The minimum atomic E-state index is -4.46. The third-order valence-electron chi connectivity index (χ3n) is 2.17. The van der Waals surface area contributed by atoms with Crippen LogP contribution in [0.3, 0.4) is 0 Å². The van der Waals surface area contributed by atoms with E-state index < -0.39 is 17.4 Å². The van der Waals surface area contributed by atoms with Gasteiger partial charge in [0.15, 0.2) is 0 Å². The van der Waals surface area contributed by atoms with Gasteiger partial charge in [0.2, 0.25) is 0 Å². The first-order valence-corrected chi connectivity index (χ1v) is 4.48. The highest BCUT2D eigenvalue weighted by Gasteiger charge is 2.30. The van der Waals surface area contributed by atoms with Gasteiger partial charge in [0.1, 0.15) is 6.33 Å². The number of nitrogen functional groups attached to an aromatic ring is 1. The van der Waals surface area contributed by atoms with Gasteiger partial charge in [0.25, 0.3) is 0 Å². The molecular formula is C9H7F3N4O. The second-order valence-corrected chi connectivity index (χ2v) is 3.30. The molecule has 3 N–H and O–H groups in total. The molecule has 0 atom stereocenters. The lowest BCUT2D eigenvalue weighted by molar-refractivity contribution is -0.137. The van der Waals surface area contributed by atoms with Crippen molar-refractivity contribution in [3.63, 3.8) is 0 Å². The predicted octanol–water partition coefficient (Wildman–Crippen LogP) is 1.16. The van der Waals surface area contributed by atoms with Crippen LogP contribution in [-0.4, -0.2) is 14.8 Å². The number of alkyl halides is 3. The van der Waals surface area contributed by atoms with Gasteiger partial charge in [-0.15, -0.1) is 0 Å². The van der Waals surface area contributed by atoms with E-state index in [1.807, 2.05) is 0 Å². The summed E-state index contributed by atoms with van der Waals surface area (Å²) >= 11 is 0. The Kier molecular flexibility index (Phi) is 2.41. The molecule has 0 bridgehead atoms. The van der Waals surface area contributed by atoms with E-state index in [1.54, 1.807) is 0 Å². The summed E-state index contributed by atoms with van der Waals surface area (Å²) < 4.78 is 38.2. The number of rotatable bonds is 1. The highest BCUT2D eigenvalue weighted by atomic mass is 19.4. The molecule has 90 valence electrons. The third kappa shape index (κ3) is 2.01. The number of H-pyrrole nitrogens is 1. The fourth-order valence-corrected chi connectivity index (χ4v) is 1.37. The van der Waals surface area contributed by atoms with Gasteiger partial charge in [-0.1, -0.05) is 0 Å². The number of anilines is 1. The smallest absolute Gasteiger partial charge is 0.397 e. The van der Waals surface area contributed by atoms with Crippen LogP contribution < -0.4 is 11.4 Å². The predicted molar refractivity (Wildman–Crippen MR) is 53.6 cm³/mol. The van der Waals surface area contributed by atoms with E-state index in [0.29, 0.717) is 0 Å². The van der Waals surface area contributed by atoms with Crippen molar-refractivity contribution in [2.75, 3.05) is 5.73 Å². The normalized spacial score (nSPS) is 11.7. The van der Waals surface area contributed by atoms with E-state index in [4.69, 9.17) is 5.73 Å². The molecule has 8 heteroatoms. The van der Waals surface area contributed by atoms with Crippen LogP contribution in [0.25, 0.3) is 5.69 Å². The van der Waals surface area contributed by atoms with Gasteiger partial charge in [-0.2, -0.15) is 18.3 Å². The number of aromatic nitrogens is 3. The van der Waals surface area contributed by atoms with Crippen molar-refractivity contribution < 1.29 is 13.2 Å². The summed E-state index contributed by atoms with van der Waals surface area (Å²) in [5.74, 6) is 0. The molecule has 0 saturated heterocycles. The van der Waals surface area contributed by atoms with Crippen molar-refractivity contribution in [2.24, 2.45) is 0 Å². The van der Waals surface area contributed by atoms with Crippen LogP contribution in [0, 0.1) is 0 Å². The summed E-state index contributed by atoms with van der Waals surface area (Å²) in [4.78, 5) is 11.2. The second-order valence-electron chi connectivity index (χ2n) is 3.30. The van der Waals surface area contributed by atoms with E-state index in [2.05, 4.69) is 10.2 Å². The zero-order chi connectivity index (χ0) is 12.6. The molecule has 1 aromatic heterocycles. The van der Waals surface area contributed by atoms with Crippen LogP contribution in [0.4, 0.5) is 18.9 Å². The molecule has 0 amide bonds. The quantitative estimate of drug-likeness (QED) is 0.739. The zero-order valence-corrected chi connectivity index (χ0v) is 8.32. The van der Waals surface area contributed by atoms with Crippen LogP contribution in [-0.2, 0) is 6.18 Å². The van der Waals surface area contributed by atoms with E-state index >= 15 is 0 Å². The fourth-order valence-electron chi connectivity index (χ4n) is 1.37. The second kappa shape index (κ2) is 3.65. The lowest BCUT2D eigenvalue weighted by Crippen LogP contribution is -2.16. The van der Waals surface area contributed by atoms with Crippen molar-refractivity contribution in [1.82, 2.24) is 14.8 Å². The number of nitrogens with two attached hydrogens (primary N) is 1. The highest BCUT2D eigenvalue weighted by Crippen LogP contribution is 2.31. The van der Waals surface area contributed by atoms with Gasteiger partial charge in [0.05, 0.1) is 16.9 Å². The first-order valence-electron chi connectivity index (χ1n) is 4.48. The molecule has 17 heavy (non-hydrogen) atoms. The largest absolute Gasteiger partial charge is 0.416 e. The summed E-state index contributed by atoms with van der Waals surface area (Å²) in [7, 11) is 0. The maximum absolute atomic E-state index is 12.4. The zero-order valence-electron chi connectivity index (χ0n) is 8.32. The Hall–Kier alpha value is -2.25. The average molecular weight is 244 g/mol. The molecule has 0 unspecified atom stereocenters. The third-order valence-corrected chi connectivity index (χ3v) is 2.17. The van der Waals surface area contributed by atoms with Crippen LogP contribution in [0.15, 0.2) is 29.3 Å². The van der Waals surface area contributed by atoms with Gasteiger partial charge in [0, 0.05) is 0 Å². The van der Waals surface area contributed by atoms with E-state index in [1.165, 1.54) is 0 Å². The maximum atomic E-state index is 12.4. The molecule has 0 aliphatic heterocycles. The molecule has 2 rings (SSSR count). The molecule has 1 heterocycles. The lowest BCUT2D eigenvalue weighted by atomic mass is 10.1. The van der Waals surface area contributed by atoms with Crippen molar-refractivity contribution in [3.05, 3.63) is 40.6 Å². The van der Waals surface area contributed by atoms with Gasteiger partial charge < -0.3 is 5.73 Å². The Morgan fingerprint density at radius 1 is 1.35 bits per heavy atom. The van der Waals surface area contributed by atoms with Crippen LogP contribution >= 0.6 is 0 Å². The Balaban J connectivity index is 2.54. The summed E-state index contributed by atoms with van der Waals surface area (Å²) in [6.07, 6.45) is -3.32. The number of benzene rings is 1. The molecule has 0 aliphatic carbocycles. The highest BCUT2D eigenvalue weighted by molar-refractivity contribution is 5.59. The number of nitrogens with one attached hydrogen (secondary N) is 1. The Morgan fingerprint density at radius 3 is 2.53 bits per heavy atom. The fraction of sp³-hybridized carbons (Fsp3) is 0.111. The van der Waals surface area contributed by atoms with Gasteiger partial charge in [-0.05, 0) is 18.2 Å². The summed E-state index contributed by atoms with van der Waals surface area (Å²) in [6.45, 7) is 0. The topological polar surface area (TPSA) is 76.7 Å². The molecule has 0 aliphatic rings. The maximum Gasteiger partial charge on any atom is 0.416 e. The molecular weight excluding hydrogens is 237 g/mol. The monoisotopic (exact) mass is 244 g/mol. The molecule has 0 saturated carbocycles. The van der Waals surface area contributed by atoms with Crippen molar-refractivity contribution in [2.45, 2.75) is 6.18 Å². The number of halogens is 3. The Morgan fingerprint density at radius 2 is 2.06 bits per heavy atom. The van der Waals surface area contributed by atoms with E-state index in [9.17, 15) is 18.0 Å². The first kappa shape index (κ1) is 11.2. The number of aromatic amines is 1. The molecule has 0 fully saturated rings. The van der Waals surface area contributed by atoms with Crippen molar-refractivity contribution in [3.8, 4) is 5.69 Å². The average Bonchev–Trinajstić information content (AvgIpc) is 2.63. The van der Waals surface area contributed by atoms with E-state index in [-0.39, 0.29) is 11.4 Å². The van der Waals surface area contributed by atoms with Crippen molar-refractivity contribution >= 4 is 5.69 Å². The first-order chi connectivity index (χ1) is 7.89. The van der Waals surface area contributed by atoms with Gasteiger partial charge >= 0.3 is 11.9 Å². The van der Waals surface area contributed by atoms with Gasteiger partial charge in [-0.25, -0.2) is 14.5 Å². The Bertz CT molecular complexity index is 599. The Labute approximate surface area is 92.7 Å². The molecule has 5 nitrogen and oxygen atoms in total. The number of hydrogen-bond acceptors (Lipinski definition) is 3. The molecule has 2 aromatic rings. The molecule has 1 aromatic carbocycles. The number of hydrogen-bond donors (Lipinski definition) is 2. The minimum absolute atomic E-state index is 0.150. The SMILES string of the molecule is Nc1cc(C(F)(F)F)ccc1-n1cn[nH]c1=O. The number of nitrogens with zero attached hydrogens (tertiary/aromatic N) is 2. The van der Waals surface area contributed by atoms with Crippen LogP contribution in [0.2, 0.25) is 0 Å².